The summed E-state index contributed by atoms with van der Waals surface area (Å²) >= 11 is 0. The summed E-state index contributed by atoms with van der Waals surface area (Å²) in [4.78, 5) is 11.0. The van der Waals surface area contributed by atoms with Gasteiger partial charge in [-0.25, -0.2) is 0 Å². The Morgan fingerprint density at radius 2 is 1.50 bits per heavy atom. The molecule has 0 aliphatic rings. The Kier molecular flexibility index (Phi) is 8.70. The van der Waals surface area contributed by atoms with Crippen molar-refractivity contribution in [3.63, 3.8) is 0 Å². The molecule has 0 N–H and O–H groups in total. The van der Waals surface area contributed by atoms with Gasteiger partial charge in [-0.05, 0) is 53.4 Å². The van der Waals surface area contributed by atoms with Gasteiger partial charge >= 0.3 is 0 Å². The Balaban J connectivity index is 2.14. The van der Waals surface area contributed by atoms with E-state index in [4.69, 9.17) is 4.74 Å². The van der Waals surface area contributed by atoms with E-state index in [0.29, 0.717) is 5.56 Å². The number of hydrogen-bond donors (Lipinski definition) is 0. The molecule has 0 amide bonds. The van der Waals surface area contributed by atoms with Crippen LogP contribution in [0.4, 0.5) is 0 Å². The molecule has 1 atom stereocenters. The maximum absolute atomic E-state index is 11.0. The van der Waals surface area contributed by atoms with Gasteiger partial charge in [0.1, 0.15) is 18.1 Å². The van der Waals surface area contributed by atoms with Gasteiger partial charge in [0.05, 0.1) is 0 Å². The van der Waals surface area contributed by atoms with Crippen LogP contribution in [0.25, 0.3) is 0 Å². The van der Waals surface area contributed by atoms with Crippen molar-refractivity contribution in [2.45, 2.75) is 91.6 Å². The fraction of sp³-hybridized carbons (Fsp3) is 0.536. The fourth-order valence-corrected chi connectivity index (χ4v) is 4.42. The molecule has 0 heterocycles. The average Bonchev–Trinajstić information content (AvgIpc) is 2.69. The molecule has 1 unspecified atom stereocenters. The van der Waals surface area contributed by atoms with Crippen molar-refractivity contribution in [2.24, 2.45) is 5.41 Å². The summed E-state index contributed by atoms with van der Waals surface area (Å²) < 4.78 is 6.43. The predicted molar refractivity (Wildman–Crippen MR) is 127 cm³/mol. The highest BCUT2D eigenvalue weighted by Gasteiger charge is 2.27. The second-order valence-corrected chi connectivity index (χ2v) is 10.4. The van der Waals surface area contributed by atoms with Gasteiger partial charge in [0.15, 0.2) is 0 Å². The van der Waals surface area contributed by atoms with Gasteiger partial charge in [0.2, 0.25) is 0 Å². The maximum Gasteiger partial charge on any atom is 0.150 e. The highest BCUT2D eigenvalue weighted by Crippen LogP contribution is 2.37. The molecule has 2 heteroatoms. The Morgan fingerprint density at radius 1 is 0.867 bits per heavy atom. The summed E-state index contributed by atoms with van der Waals surface area (Å²) in [7, 11) is 0. The van der Waals surface area contributed by atoms with E-state index in [1.54, 1.807) is 0 Å². The van der Waals surface area contributed by atoms with E-state index in [1.165, 1.54) is 24.8 Å². The van der Waals surface area contributed by atoms with Crippen LogP contribution >= 0.6 is 0 Å². The number of carbonyl (C=O) groups is 1. The Bertz CT molecular complexity index is 764. The lowest BCUT2D eigenvalue weighted by atomic mass is 9.72. The second-order valence-electron chi connectivity index (χ2n) is 10.4. The van der Waals surface area contributed by atoms with Crippen molar-refractivity contribution >= 4 is 6.29 Å². The van der Waals surface area contributed by atoms with Crippen molar-refractivity contribution in [3.05, 3.63) is 65.2 Å². The molecule has 2 rings (SSSR count). The van der Waals surface area contributed by atoms with Crippen LogP contribution in [0, 0.1) is 5.41 Å². The summed E-state index contributed by atoms with van der Waals surface area (Å²) in [5, 5.41) is 0. The first-order valence-corrected chi connectivity index (χ1v) is 11.5. The number of ether oxygens (including phenoxy) is 1. The highest BCUT2D eigenvalue weighted by molar-refractivity contribution is 5.74. The normalized spacial score (nSPS) is 13.1. The smallest absolute Gasteiger partial charge is 0.150 e. The van der Waals surface area contributed by atoms with Gasteiger partial charge < -0.3 is 4.74 Å². The largest absolute Gasteiger partial charge is 0.486 e. The summed E-state index contributed by atoms with van der Waals surface area (Å²) in [6.45, 7) is 13.8. The molecule has 0 bridgehead atoms. The van der Waals surface area contributed by atoms with Gasteiger partial charge in [-0.2, -0.15) is 0 Å². The minimum atomic E-state index is 0.0102. The second kappa shape index (κ2) is 10.8. The molecule has 164 valence electrons. The first-order valence-electron chi connectivity index (χ1n) is 11.5. The number of aldehydes is 1. The van der Waals surface area contributed by atoms with Crippen molar-refractivity contribution in [1.29, 1.82) is 0 Å². The molecule has 0 saturated carbocycles. The third kappa shape index (κ3) is 7.63. The average molecular weight is 409 g/mol. The lowest BCUT2D eigenvalue weighted by Gasteiger charge is -2.33. The van der Waals surface area contributed by atoms with Crippen molar-refractivity contribution in [3.8, 4) is 5.75 Å². The third-order valence-corrected chi connectivity index (χ3v) is 5.65. The van der Waals surface area contributed by atoms with Crippen LogP contribution in [0.2, 0.25) is 0 Å². The molecule has 2 aromatic rings. The number of hydrogen-bond acceptors (Lipinski definition) is 2. The van der Waals surface area contributed by atoms with E-state index in [2.05, 4.69) is 65.8 Å². The maximum atomic E-state index is 11.0. The highest BCUT2D eigenvalue weighted by atomic mass is 16.5. The summed E-state index contributed by atoms with van der Waals surface area (Å²) in [5.41, 5.74) is 3.60. The van der Waals surface area contributed by atoms with E-state index in [0.717, 1.165) is 36.9 Å². The molecule has 0 radical (unpaired) electrons. The molecule has 2 aromatic carbocycles. The summed E-state index contributed by atoms with van der Waals surface area (Å²) in [5.74, 6) is 0.908. The van der Waals surface area contributed by atoms with Gasteiger partial charge in [-0.15, -0.1) is 0 Å². The third-order valence-electron chi connectivity index (χ3n) is 5.65. The molecular formula is C28H40O2. The molecule has 30 heavy (non-hydrogen) atoms. The van der Waals surface area contributed by atoms with E-state index >= 15 is 0 Å². The van der Waals surface area contributed by atoms with Gasteiger partial charge in [0.25, 0.3) is 0 Å². The van der Waals surface area contributed by atoms with Crippen LogP contribution < -0.4 is 4.74 Å². The standard InChI is InChI=1S/C28H40O2/c1-7-8-9-10-11-26(23-14-12-22(20-29)13-15-23)30-25-18-16-24(17-19-25)28(5,6)21-27(2,3)4/h12-20,26H,7-11,21H2,1-6H3. The van der Waals surface area contributed by atoms with Crippen molar-refractivity contribution < 1.29 is 9.53 Å². The monoisotopic (exact) mass is 408 g/mol. The molecule has 0 saturated heterocycles. The van der Waals surface area contributed by atoms with Gasteiger partial charge in [-0.3, -0.25) is 4.79 Å². The number of rotatable bonds is 11. The SMILES string of the molecule is CCCCCCC(Oc1ccc(C(C)(C)CC(C)(C)C)cc1)c1ccc(C=O)cc1. The Morgan fingerprint density at radius 3 is 2.03 bits per heavy atom. The van der Waals surface area contributed by atoms with E-state index in [-0.39, 0.29) is 16.9 Å². The molecule has 0 aliphatic heterocycles. The van der Waals surface area contributed by atoms with E-state index in [9.17, 15) is 4.79 Å². The fourth-order valence-electron chi connectivity index (χ4n) is 4.42. The molecular weight excluding hydrogens is 368 g/mol. The van der Waals surface area contributed by atoms with Gasteiger partial charge in [0, 0.05) is 5.56 Å². The van der Waals surface area contributed by atoms with Crippen molar-refractivity contribution in [1.82, 2.24) is 0 Å². The topological polar surface area (TPSA) is 26.3 Å². The van der Waals surface area contributed by atoms with Crippen LogP contribution in [0.15, 0.2) is 48.5 Å². The molecule has 0 fully saturated rings. The van der Waals surface area contributed by atoms with E-state index in [1.807, 2.05) is 24.3 Å². The Hall–Kier alpha value is -2.09. The zero-order valence-electron chi connectivity index (χ0n) is 19.8. The number of unbranched alkanes of at least 4 members (excludes halogenated alkanes) is 3. The van der Waals surface area contributed by atoms with Crippen LogP contribution in [0.3, 0.4) is 0 Å². The predicted octanol–water partition coefficient (Wildman–Crippen LogP) is 8.30. The van der Waals surface area contributed by atoms with Crippen LogP contribution in [-0.2, 0) is 5.41 Å². The molecule has 0 aromatic heterocycles. The summed E-state index contributed by atoms with van der Waals surface area (Å²) in [6, 6.07) is 16.4. The number of benzene rings is 2. The minimum absolute atomic E-state index is 0.0102. The zero-order chi connectivity index (χ0) is 22.2. The molecule has 0 spiro atoms. The number of carbonyl (C=O) groups excluding carboxylic acids is 1. The van der Waals surface area contributed by atoms with Gasteiger partial charge in [-0.1, -0.05) is 97.2 Å². The summed E-state index contributed by atoms with van der Waals surface area (Å²) in [6.07, 6.45) is 7.86. The Labute approximate surface area is 184 Å². The van der Waals surface area contributed by atoms with Crippen LogP contribution in [0.5, 0.6) is 5.75 Å². The first-order chi connectivity index (χ1) is 14.1. The lowest BCUT2D eigenvalue weighted by molar-refractivity contribution is 0.112. The molecule has 2 nitrogen and oxygen atoms in total. The minimum Gasteiger partial charge on any atom is -0.486 e. The van der Waals surface area contributed by atoms with E-state index < -0.39 is 0 Å². The molecule has 0 aliphatic carbocycles. The lowest BCUT2D eigenvalue weighted by Crippen LogP contribution is -2.24. The van der Waals surface area contributed by atoms with Crippen LogP contribution in [-0.4, -0.2) is 6.29 Å². The van der Waals surface area contributed by atoms with Crippen molar-refractivity contribution in [2.75, 3.05) is 0 Å². The zero-order valence-corrected chi connectivity index (χ0v) is 19.8. The first kappa shape index (κ1) is 24.2. The van der Waals surface area contributed by atoms with Crippen LogP contribution in [0.1, 0.15) is 108 Å². The quantitative estimate of drug-likeness (QED) is 0.276.